The van der Waals surface area contributed by atoms with Crippen molar-refractivity contribution in [1.29, 1.82) is 5.26 Å². The molecule has 2 heterocycles. The van der Waals surface area contributed by atoms with Gasteiger partial charge in [0.25, 0.3) is 5.91 Å². The summed E-state index contributed by atoms with van der Waals surface area (Å²) in [6.45, 7) is 3.81. The molecule has 0 saturated carbocycles. The van der Waals surface area contributed by atoms with E-state index in [0.717, 1.165) is 17.1 Å². The van der Waals surface area contributed by atoms with Crippen LogP contribution in [-0.2, 0) is 7.05 Å². The van der Waals surface area contributed by atoms with E-state index in [1.54, 1.807) is 31.3 Å². The van der Waals surface area contributed by atoms with Gasteiger partial charge >= 0.3 is 0 Å². The fourth-order valence-corrected chi connectivity index (χ4v) is 2.46. The van der Waals surface area contributed by atoms with Gasteiger partial charge in [-0.2, -0.15) is 10.4 Å². The predicted octanol–water partition coefficient (Wildman–Crippen LogP) is 2.69. The van der Waals surface area contributed by atoms with Crippen LogP contribution in [0.2, 0.25) is 0 Å². The van der Waals surface area contributed by atoms with Crippen LogP contribution in [0.25, 0.3) is 0 Å². The van der Waals surface area contributed by atoms with Crippen LogP contribution in [-0.4, -0.2) is 25.7 Å². The number of benzene rings is 1. The van der Waals surface area contributed by atoms with Crippen LogP contribution in [0.5, 0.6) is 0 Å². The van der Waals surface area contributed by atoms with Crippen LogP contribution in [0.1, 0.15) is 27.3 Å². The highest BCUT2D eigenvalue weighted by molar-refractivity contribution is 6.04. The predicted molar refractivity (Wildman–Crippen MR) is 97.1 cm³/mol. The lowest BCUT2D eigenvalue weighted by molar-refractivity contribution is 0.102. The average Bonchev–Trinajstić information content (AvgIpc) is 2.94. The van der Waals surface area contributed by atoms with Crippen molar-refractivity contribution in [2.75, 3.05) is 10.6 Å². The number of hydrogen-bond donors (Lipinski definition) is 2. The van der Waals surface area contributed by atoms with Gasteiger partial charge in [0.15, 0.2) is 0 Å². The second kappa shape index (κ2) is 7.03. The second-order valence-corrected chi connectivity index (χ2v) is 5.77. The van der Waals surface area contributed by atoms with Crippen LogP contribution in [0.4, 0.5) is 17.5 Å². The van der Waals surface area contributed by atoms with Gasteiger partial charge in [-0.25, -0.2) is 9.97 Å². The molecule has 0 fully saturated rings. The van der Waals surface area contributed by atoms with Crippen LogP contribution >= 0.6 is 0 Å². The lowest BCUT2D eigenvalue weighted by Crippen LogP contribution is -2.15. The van der Waals surface area contributed by atoms with E-state index in [1.165, 1.54) is 10.9 Å². The van der Waals surface area contributed by atoms with Crippen molar-refractivity contribution in [2.24, 2.45) is 7.05 Å². The zero-order valence-corrected chi connectivity index (χ0v) is 14.6. The summed E-state index contributed by atoms with van der Waals surface area (Å²) in [5.74, 6) is 0.552. The molecule has 0 aliphatic carbocycles. The Morgan fingerprint density at radius 3 is 2.42 bits per heavy atom. The molecule has 0 spiro atoms. The van der Waals surface area contributed by atoms with E-state index in [4.69, 9.17) is 5.26 Å². The van der Waals surface area contributed by atoms with Gasteiger partial charge in [0, 0.05) is 29.7 Å². The van der Waals surface area contributed by atoms with Crippen molar-refractivity contribution in [3.8, 4) is 6.07 Å². The van der Waals surface area contributed by atoms with Gasteiger partial charge in [0.05, 0.1) is 6.20 Å². The average molecular weight is 347 g/mol. The van der Waals surface area contributed by atoms with Crippen molar-refractivity contribution in [1.82, 2.24) is 19.7 Å². The van der Waals surface area contributed by atoms with E-state index in [0.29, 0.717) is 22.9 Å². The fraction of sp³-hybridized carbons (Fsp3) is 0.167. The normalized spacial score (nSPS) is 10.2. The molecule has 3 aromatic rings. The number of hydrogen-bond acceptors (Lipinski definition) is 6. The van der Waals surface area contributed by atoms with E-state index in [9.17, 15) is 4.79 Å². The summed E-state index contributed by atoms with van der Waals surface area (Å²) in [5.41, 5.74) is 3.29. The van der Waals surface area contributed by atoms with E-state index in [2.05, 4.69) is 25.7 Å². The Labute approximate surface area is 150 Å². The molecule has 0 unspecified atom stereocenters. The first-order valence-electron chi connectivity index (χ1n) is 7.89. The van der Waals surface area contributed by atoms with Crippen molar-refractivity contribution < 1.29 is 4.79 Å². The minimum atomic E-state index is -0.320. The minimum absolute atomic E-state index is 0.311. The largest absolute Gasteiger partial charge is 0.324 e. The molecule has 0 bridgehead atoms. The van der Waals surface area contributed by atoms with Gasteiger partial charge in [-0.05, 0) is 44.2 Å². The molecule has 0 aliphatic heterocycles. The maximum atomic E-state index is 12.4. The molecule has 0 saturated heterocycles. The van der Waals surface area contributed by atoms with Gasteiger partial charge in [-0.15, -0.1) is 0 Å². The fourth-order valence-electron chi connectivity index (χ4n) is 2.46. The molecule has 2 aromatic heterocycles. The molecule has 26 heavy (non-hydrogen) atoms. The first-order valence-corrected chi connectivity index (χ1v) is 7.89. The summed E-state index contributed by atoms with van der Waals surface area (Å²) in [7, 11) is 1.66. The third kappa shape index (κ3) is 3.67. The Bertz CT molecular complexity index is 979. The molecular formula is C18H17N7O. The van der Waals surface area contributed by atoms with Gasteiger partial charge in [-0.3, -0.25) is 9.48 Å². The van der Waals surface area contributed by atoms with Crippen molar-refractivity contribution in [2.45, 2.75) is 13.8 Å². The summed E-state index contributed by atoms with van der Waals surface area (Å²) in [5, 5.41) is 18.8. The summed E-state index contributed by atoms with van der Waals surface area (Å²) in [6, 6.07) is 10.8. The Hall–Kier alpha value is -3.73. The van der Waals surface area contributed by atoms with Gasteiger partial charge in [-0.1, -0.05) is 0 Å². The van der Waals surface area contributed by atoms with Crippen molar-refractivity contribution >= 4 is 23.4 Å². The Kier molecular flexibility index (Phi) is 4.62. The third-order valence-corrected chi connectivity index (χ3v) is 3.68. The molecule has 2 N–H and O–H groups in total. The van der Waals surface area contributed by atoms with Crippen molar-refractivity contribution in [3.05, 3.63) is 59.0 Å². The molecule has 3 rings (SSSR count). The quantitative estimate of drug-likeness (QED) is 0.751. The van der Waals surface area contributed by atoms with E-state index in [1.807, 2.05) is 26.0 Å². The molecule has 0 atom stereocenters. The van der Waals surface area contributed by atoms with Crippen LogP contribution in [0, 0.1) is 25.2 Å². The molecule has 8 nitrogen and oxygen atoms in total. The molecule has 8 heteroatoms. The van der Waals surface area contributed by atoms with Crippen LogP contribution < -0.4 is 10.6 Å². The van der Waals surface area contributed by atoms with E-state index < -0.39 is 0 Å². The first-order chi connectivity index (χ1) is 12.5. The summed E-state index contributed by atoms with van der Waals surface area (Å²) < 4.78 is 1.45. The Balaban J connectivity index is 1.74. The molecule has 1 amide bonds. The number of rotatable bonds is 4. The zero-order chi connectivity index (χ0) is 18.7. The molecular weight excluding hydrogens is 330 g/mol. The Morgan fingerprint density at radius 2 is 1.81 bits per heavy atom. The van der Waals surface area contributed by atoms with Gasteiger partial charge in [0.2, 0.25) is 5.95 Å². The number of carbonyl (C=O) groups is 1. The van der Waals surface area contributed by atoms with Crippen LogP contribution in [0.3, 0.4) is 0 Å². The number of nitriles is 1. The topological polar surface area (TPSA) is 109 Å². The van der Waals surface area contributed by atoms with E-state index >= 15 is 0 Å². The Morgan fingerprint density at radius 1 is 1.15 bits per heavy atom. The highest BCUT2D eigenvalue weighted by Crippen LogP contribution is 2.17. The second-order valence-electron chi connectivity index (χ2n) is 5.77. The standard InChI is InChI=1S/C18H17N7O/c1-11-8-12(2)22-18(21-11)23-15-6-4-13(5-7-15)17(26)24-16-14(9-19)10-20-25(16)3/h4-8,10H,1-3H3,(H,24,26)(H,21,22,23). The number of aromatic nitrogens is 4. The zero-order valence-electron chi connectivity index (χ0n) is 14.6. The van der Waals surface area contributed by atoms with Crippen LogP contribution in [0.15, 0.2) is 36.5 Å². The molecule has 1 aromatic carbocycles. The maximum Gasteiger partial charge on any atom is 0.256 e. The SMILES string of the molecule is Cc1cc(C)nc(Nc2ccc(C(=O)Nc3c(C#N)cnn3C)cc2)n1. The minimum Gasteiger partial charge on any atom is -0.324 e. The van der Waals surface area contributed by atoms with E-state index in [-0.39, 0.29) is 5.91 Å². The maximum absolute atomic E-state index is 12.4. The number of carbonyl (C=O) groups excluding carboxylic acids is 1. The summed E-state index contributed by atoms with van der Waals surface area (Å²) >= 11 is 0. The number of aryl methyl sites for hydroxylation is 3. The molecule has 130 valence electrons. The monoisotopic (exact) mass is 347 g/mol. The number of nitrogens with one attached hydrogen (secondary N) is 2. The number of amides is 1. The number of anilines is 3. The summed E-state index contributed by atoms with van der Waals surface area (Å²) in [4.78, 5) is 21.0. The lowest BCUT2D eigenvalue weighted by atomic mass is 10.2. The van der Waals surface area contributed by atoms with Gasteiger partial charge < -0.3 is 10.6 Å². The lowest BCUT2D eigenvalue weighted by Gasteiger charge is -2.09. The van der Waals surface area contributed by atoms with Crippen molar-refractivity contribution in [3.63, 3.8) is 0 Å². The highest BCUT2D eigenvalue weighted by Gasteiger charge is 2.13. The highest BCUT2D eigenvalue weighted by atomic mass is 16.1. The third-order valence-electron chi connectivity index (χ3n) is 3.68. The summed E-state index contributed by atoms with van der Waals surface area (Å²) in [6.07, 6.45) is 1.41. The molecule has 0 radical (unpaired) electrons. The molecule has 0 aliphatic rings. The number of nitrogens with zero attached hydrogens (tertiary/aromatic N) is 5. The first kappa shape index (κ1) is 17.1. The smallest absolute Gasteiger partial charge is 0.256 e. The van der Waals surface area contributed by atoms with Gasteiger partial charge in [0.1, 0.15) is 17.5 Å².